The molecule has 0 aromatic heterocycles. The van der Waals surface area contributed by atoms with Gasteiger partial charge in [0.15, 0.2) is 6.10 Å². The molecule has 0 saturated heterocycles. The minimum Gasteiger partial charge on any atom is -0.497 e. The van der Waals surface area contributed by atoms with Gasteiger partial charge in [0.25, 0.3) is 5.91 Å². The molecule has 0 aliphatic heterocycles. The molecule has 4 nitrogen and oxygen atoms in total. The van der Waals surface area contributed by atoms with Crippen LogP contribution in [0.5, 0.6) is 11.5 Å². The number of rotatable bonds is 6. The normalized spacial score (nSPS) is 11.7. The summed E-state index contributed by atoms with van der Waals surface area (Å²) in [7, 11) is 1.59. The largest absolute Gasteiger partial charge is 0.497 e. The molecule has 23 heavy (non-hydrogen) atoms. The molecule has 0 radical (unpaired) electrons. The number of nitrogens with one attached hydrogen (secondary N) is 1. The SMILES string of the molecule is CC[C@@H](Oc1ccc(OC)cc1)C(=O)Nc1cc(Cl)cc(Cl)c1. The second kappa shape index (κ2) is 8.09. The van der Waals surface area contributed by atoms with Gasteiger partial charge in [0.2, 0.25) is 0 Å². The minimum absolute atomic E-state index is 0.262. The summed E-state index contributed by atoms with van der Waals surface area (Å²) in [6.45, 7) is 1.87. The molecule has 2 rings (SSSR count). The van der Waals surface area contributed by atoms with Crippen molar-refractivity contribution < 1.29 is 14.3 Å². The molecule has 0 saturated carbocycles. The number of carbonyl (C=O) groups is 1. The molecular weight excluding hydrogens is 337 g/mol. The third-order valence-electron chi connectivity index (χ3n) is 3.13. The summed E-state index contributed by atoms with van der Waals surface area (Å²) in [5.74, 6) is 1.06. The Morgan fingerprint density at radius 1 is 1.09 bits per heavy atom. The first-order valence-electron chi connectivity index (χ1n) is 7.09. The highest BCUT2D eigenvalue weighted by Gasteiger charge is 2.19. The van der Waals surface area contributed by atoms with Crippen molar-refractivity contribution in [3.8, 4) is 11.5 Å². The molecule has 1 amide bonds. The van der Waals surface area contributed by atoms with Gasteiger partial charge in [0, 0.05) is 15.7 Å². The van der Waals surface area contributed by atoms with Gasteiger partial charge in [0.05, 0.1) is 7.11 Å². The van der Waals surface area contributed by atoms with Crippen LogP contribution in [0.25, 0.3) is 0 Å². The zero-order valence-electron chi connectivity index (χ0n) is 12.8. The Morgan fingerprint density at radius 3 is 2.17 bits per heavy atom. The van der Waals surface area contributed by atoms with Crippen LogP contribution in [0.1, 0.15) is 13.3 Å². The Balaban J connectivity index is 2.05. The second-order valence-electron chi connectivity index (χ2n) is 4.84. The van der Waals surface area contributed by atoms with E-state index in [9.17, 15) is 4.79 Å². The second-order valence-corrected chi connectivity index (χ2v) is 5.71. The van der Waals surface area contributed by atoms with Crippen LogP contribution in [-0.4, -0.2) is 19.1 Å². The number of benzene rings is 2. The van der Waals surface area contributed by atoms with E-state index in [4.69, 9.17) is 32.7 Å². The first kappa shape index (κ1) is 17.4. The predicted molar refractivity (Wildman–Crippen MR) is 92.8 cm³/mol. The fourth-order valence-corrected chi connectivity index (χ4v) is 2.52. The maximum atomic E-state index is 12.3. The van der Waals surface area contributed by atoms with Gasteiger partial charge < -0.3 is 14.8 Å². The number of hydrogen-bond donors (Lipinski definition) is 1. The maximum Gasteiger partial charge on any atom is 0.265 e. The van der Waals surface area contributed by atoms with Crippen molar-refractivity contribution in [3.63, 3.8) is 0 Å². The lowest BCUT2D eigenvalue weighted by atomic mass is 10.2. The minimum atomic E-state index is -0.624. The van der Waals surface area contributed by atoms with Crippen molar-refractivity contribution in [1.82, 2.24) is 0 Å². The van der Waals surface area contributed by atoms with Crippen LogP contribution in [0.4, 0.5) is 5.69 Å². The first-order valence-corrected chi connectivity index (χ1v) is 7.85. The van der Waals surface area contributed by atoms with E-state index < -0.39 is 6.10 Å². The molecule has 1 N–H and O–H groups in total. The Morgan fingerprint density at radius 2 is 1.65 bits per heavy atom. The molecular formula is C17H17Cl2NO3. The molecule has 0 unspecified atom stereocenters. The summed E-state index contributed by atoms with van der Waals surface area (Å²) in [6, 6.07) is 11.9. The Hall–Kier alpha value is -1.91. The summed E-state index contributed by atoms with van der Waals surface area (Å²) < 4.78 is 10.8. The van der Waals surface area contributed by atoms with Crippen LogP contribution in [0.2, 0.25) is 10.0 Å². The maximum absolute atomic E-state index is 12.3. The van der Waals surface area contributed by atoms with Gasteiger partial charge in [-0.1, -0.05) is 30.1 Å². The molecule has 0 aliphatic carbocycles. The van der Waals surface area contributed by atoms with Gasteiger partial charge in [-0.25, -0.2) is 0 Å². The summed E-state index contributed by atoms with van der Waals surface area (Å²) in [5, 5.41) is 3.67. The van der Waals surface area contributed by atoms with Crippen LogP contribution in [0, 0.1) is 0 Å². The molecule has 0 heterocycles. The third-order valence-corrected chi connectivity index (χ3v) is 3.57. The zero-order valence-corrected chi connectivity index (χ0v) is 14.3. The van der Waals surface area contributed by atoms with Crippen LogP contribution < -0.4 is 14.8 Å². The molecule has 0 bridgehead atoms. The van der Waals surface area contributed by atoms with E-state index in [1.165, 1.54) is 0 Å². The van der Waals surface area contributed by atoms with E-state index in [0.29, 0.717) is 27.9 Å². The van der Waals surface area contributed by atoms with Crippen molar-refractivity contribution in [2.45, 2.75) is 19.4 Å². The number of anilines is 1. The number of hydrogen-bond acceptors (Lipinski definition) is 3. The van der Waals surface area contributed by atoms with E-state index in [1.807, 2.05) is 6.92 Å². The number of methoxy groups -OCH3 is 1. The van der Waals surface area contributed by atoms with Crippen LogP contribution in [-0.2, 0) is 4.79 Å². The standard InChI is InChI=1S/C17H17Cl2NO3/c1-3-16(23-15-6-4-14(22-2)5-7-15)17(21)20-13-9-11(18)8-12(19)10-13/h4-10,16H,3H2,1-2H3,(H,20,21)/t16-/m1/s1. The molecule has 0 fully saturated rings. The lowest BCUT2D eigenvalue weighted by Crippen LogP contribution is -2.32. The van der Waals surface area contributed by atoms with Crippen molar-refractivity contribution in [3.05, 3.63) is 52.5 Å². The number of ether oxygens (including phenoxy) is 2. The zero-order chi connectivity index (χ0) is 16.8. The lowest BCUT2D eigenvalue weighted by molar-refractivity contribution is -0.122. The van der Waals surface area contributed by atoms with Crippen LogP contribution >= 0.6 is 23.2 Å². The van der Waals surface area contributed by atoms with Gasteiger partial charge in [0.1, 0.15) is 11.5 Å². The molecule has 122 valence electrons. The van der Waals surface area contributed by atoms with Crippen LogP contribution in [0.3, 0.4) is 0 Å². The molecule has 2 aromatic rings. The third kappa shape index (κ3) is 5.05. The monoisotopic (exact) mass is 353 g/mol. The summed E-state index contributed by atoms with van der Waals surface area (Å²) in [5.41, 5.74) is 0.532. The highest BCUT2D eigenvalue weighted by atomic mass is 35.5. The average molecular weight is 354 g/mol. The highest BCUT2D eigenvalue weighted by molar-refractivity contribution is 6.35. The quantitative estimate of drug-likeness (QED) is 0.811. The van der Waals surface area contributed by atoms with E-state index in [1.54, 1.807) is 49.6 Å². The topological polar surface area (TPSA) is 47.6 Å². The van der Waals surface area contributed by atoms with E-state index >= 15 is 0 Å². The number of amides is 1. The fourth-order valence-electron chi connectivity index (χ4n) is 1.99. The summed E-state index contributed by atoms with van der Waals surface area (Å²) in [4.78, 5) is 12.3. The fraction of sp³-hybridized carbons (Fsp3) is 0.235. The molecule has 0 spiro atoms. The number of carbonyl (C=O) groups excluding carboxylic acids is 1. The predicted octanol–water partition coefficient (Wildman–Crippen LogP) is 4.80. The number of halogens is 2. The Bertz CT molecular complexity index is 654. The molecule has 6 heteroatoms. The van der Waals surface area contributed by atoms with Crippen molar-refractivity contribution >= 4 is 34.8 Å². The highest BCUT2D eigenvalue weighted by Crippen LogP contribution is 2.23. The lowest BCUT2D eigenvalue weighted by Gasteiger charge is -2.17. The van der Waals surface area contributed by atoms with Crippen molar-refractivity contribution in [2.24, 2.45) is 0 Å². The van der Waals surface area contributed by atoms with Gasteiger partial charge >= 0.3 is 0 Å². The average Bonchev–Trinajstić information content (AvgIpc) is 2.52. The van der Waals surface area contributed by atoms with Crippen molar-refractivity contribution in [1.29, 1.82) is 0 Å². The van der Waals surface area contributed by atoms with Crippen molar-refractivity contribution in [2.75, 3.05) is 12.4 Å². The van der Waals surface area contributed by atoms with Gasteiger partial charge in [-0.3, -0.25) is 4.79 Å². The van der Waals surface area contributed by atoms with Gasteiger partial charge in [-0.05, 0) is 48.9 Å². The molecule has 1 atom stereocenters. The van der Waals surface area contributed by atoms with E-state index in [-0.39, 0.29) is 5.91 Å². The summed E-state index contributed by atoms with van der Waals surface area (Å²) in [6.07, 6.45) is -0.104. The molecule has 2 aromatic carbocycles. The molecule has 0 aliphatic rings. The van der Waals surface area contributed by atoms with E-state index in [0.717, 1.165) is 5.75 Å². The first-order chi connectivity index (χ1) is 11.0. The van der Waals surface area contributed by atoms with Crippen LogP contribution in [0.15, 0.2) is 42.5 Å². The van der Waals surface area contributed by atoms with Gasteiger partial charge in [-0.2, -0.15) is 0 Å². The van der Waals surface area contributed by atoms with E-state index in [2.05, 4.69) is 5.32 Å². The smallest absolute Gasteiger partial charge is 0.265 e. The summed E-state index contributed by atoms with van der Waals surface area (Å²) >= 11 is 11.9. The Kier molecular flexibility index (Phi) is 6.13. The van der Waals surface area contributed by atoms with Gasteiger partial charge in [-0.15, -0.1) is 0 Å². The Labute approximate surface area is 145 Å².